The van der Waals surface area contributed by atoms with E-state index in [0.29, 0.717) is 5.39 Å². The summed E-state index contributed by atoms with van der Waals surface area (Å²) in [7, 11) is 3.25. The second-order valence-electron chi connectivity index (χ2n) is 5.84. The summed E-state index contributed by atoms with van der Waals surface area (Å²) in [6.07, 6.45) is -7.27. The smallest absolute Gasteiger partial charge is 0.336 e. The van der Waals surface area contributed by atoms with Gasteiger partial charge in [0, 0.05) is 31.7 Å². The number of phenols is 1. The number of aromatic hydroxyl groups is 1. The van der Waals surface area contributed by atoms with Gasteiger partial charge in [0.05, 0.1) is 6.61 Å². The first-order chi connectivity index (χ1) is 12.8. The van der Waals surface area contributed by atoms with Crippen LogP contribution in [-0.2, 0) is 9.47 Å². The molecule has 1 aromatic carbocycles. The number of ether oxygens (including phenoxy) is 3. The highest BCUT2D eigenvalue weighted by Crippen LogP contribution is 2.33. The number of aliphatic hydroxyl groups is 4. The van der Waals surface area contributed by atoms with Crippen LogP contribution in [0, 0.1) is 0 Å². The van der Waals surface area contributed by atoms with Gasteiger partial charge in [-0.2, -0.15) is 0 Å². The quantitative estimate of drug-likeness (QED) is 0.412. The summed E-state index contributed by atoms with van der Waals surface area (Å²) < 4.78 is 19.7. The molecule has 1 aromatic heterocycles. The summed E-state index contributed by atoms with van der Waals surface area (Å²) in [4.78, 5) is 11.2. The monoisotopic (exact) mass is 386 g/mol. The zero-order valence-electron chi connectivity index (χ0n) is 14.7. The third-order valence-electron chi connectivity index (χ3n) is 3.79. The van der Waals surface area contributed by atoms with E-state index < -0.39 is 42.9 Å². The van der Waals surface area contributed by atoms with Crippen LogP contribution >= 0.6 is 0 Å². The number of rotatable bonds is 3. The lowest BCUT2D eigenvalue weighted by Gasteiger charge is -2.39. The molecule has 0 amide bonds. The van der Waals surface area contributed by atoms with Gasteiger partial charge in [-0.05, 0) is 12.1 Å². The predicted molar refractivity (Wildman–Crippen MR) is 91.5 cm³/mol. The molecule has 0 aliphatic carbocycles. The molecule has 3 rings (SSSR count). The van der Waals surface area contributed by atoms with Gasteiger partial charge in [0.25, 0.3) is 0 Å². The Labute approximate surface area is 153 Å². The lowest BCUT2D eigenvalue weighted by molar-refractivity contribution is -0.277. The molecule has 5 N–H and O–H groups in total. The summed E-state index contributed by atoms with van der Waals surface area (Å²) in [6, 6.07) is 5.17. The van der Waals surface area contributed by atoms with E-state index in [1.54, 1.807) is 14.2 Å². The second-order valence-corrected chi connectivity index (χ2v) is 5.84. The molecule has 0 saturated carbocycles. The van der Waals surface area contributed by atoms with Crippen LogP contribution in [0.2, 0.25) is 0 Å². The maximum absolute atomic E-state index is 11.2. The van der Waals surface area contributed by atoms with Crippen LogP contribution in [0.15, 0.2) is 33.5 Å². The van der Waals surface area contributed by atoms with E-state index in [-0.39, 0.29) is 17.1 Å². The third kappa shape index (κ3) is 4.75. The maximum atomic E-state index is 11.2. The Balaban J connectivity index is 0.000000817. The van der Waals surface area contributed by atoms with E-state index in [1.165, 1.54) is 18.2 Å². The van der Waals surface area contributed by atoms with Gasteiger partial charge in [0.1, 0.15) is 30.0 Å². The number of fused-ring (bicyclic) bond motifs is 1. The van der Waals surface area contributed by atoms with Crippen molar-refractivity contribution in [2.45, 2.75) is 30.7 Å². The molecule has 0 bridgehead atoms. The van der Waals surface area contributed by atoms with E-state index in [4.69, 9.17) is 19.0 Å². The number of hydrogen-bond donors (Lipinski definition) is 5. The standard InChI is InChI=1S/C15H16O9.C2H6O/c16-5-10-12(19)13(20)14(21)15(24-10)23-9-3-6-1-2-11(18)22-8(6)4-7(9)17;1-3-2/h1-4,10,12-17,19-21H,5H2;1-2H3/t10?,12?,13?,14?,15-;/m0./s1. The Hall–Kier alpha value is -2.21. The lowest BCUT2D eigenvalue weighted by Crippen LogP contribution is -2.60. The van der Waals surface area contributed by atoms with Crippen molar-refractivity contribution in [3.05, 3.63) is 34.7 Å². The Morgan fingerprint density at radius 2 is 1.74 bits per heavy atom. The lowest BCUT2D eigenvalue weighted by atomic mass is 9.99. The van der Waals surface area contributed by atoms with E-state index in [2.05, 4.69) is 4.74 Å². The molecule has 0 radical (unpaired) electrons. The van der Waals surface area contributed by atoms with E-state index >= 15 is 0 Å². The molecular formula is C17H22O10. The molecule has 0 spiro atoms. The van der Waals surface area contributed by atoms with Crippen molar-refractivity contribution in [3.8, 4) is 11.5 Å². The zero-order valence-corrected chi connectivity index (χ0v) is 14.7. The Morgan fingerprint density at radius 1 is 1.07 bits per heavy atom. The van der Waals surface area contributed by atoms with Crippen molar-refractivity contribution in [2.75, 3.05) is 20.8 Å². The molecule has 10 heteroatoms. The highest BCUT2D eigenvalue weighted by molar-refractivity contribution is 5.80. The molecule has 1 saturated heterocycles. The zero-order chi connectivity index (χ0) is 20.1. The fraction of sp³-hybridized carbons (Fsp3) is 0.471. The Kier molecular flexibility index (Phi) is 7.13. The molecule has 27 heavy (non-hydrogen) atoms. The van der Waals surface area contributed by atoms with Crippen LogP contribution < -0.4 is 10.4 Å². The predicted octanol–water partition coefficient (Wildman–Crippen LogP) is -1.06. The molecule has 1 aliphatic heterocycles. The maximum Gasteiger partial charge on any atom is 0.336 e. The van der Waals surface area contributed by atoms with Gasteiger partial charge in [0.2, 0.25) is 6.29 Å². The summed E-state index contributed by atoms with van der Waals surface area (Å²) in [5.41, 5.74) is -0.439. The van der Waals surface area contributed by atoms with Crippen LogP contribution in [0.5, 0.6) is 11.5 Å². The van der Waals surface area contributed by atoms with Crippen LogP contribution in [0.3, 0.4) is 0 Å². The van der Waals surface area contributed by atoms with Crippen molar-refractivity contribution in [3.63, 3.8) is 0 Å². The first-order valence-corrected chi connectivity index (χ1v) is 7.96. The average molecular weight is 386 g/mol. The first-order valence-electron chi connectivity index (χ1n) is 7.96. The molecular weight excluding hydrogens is 364 g/mol. The molecule has 2 aromatic rings. The summed E-state index contributed by atoms with van der Waals surface area (Å²) in [5.74, 6) is -0.477. The number of phenolic OH excluding ortho intramolecular Hbond substituents is 1. The van der Waals surface area contributed by atoms with Crippen LogP contribution in [-0.4, -0.2) is 77.1 Å². The van der Waals surface area contributed by atoms with E-state index in [0.717, 1.165) is 6.07 Å². The fourth-order valence-electron chi connectivity index (χ4n) is 2.47. The minimum atomic E-state index is -1.60. The molecule has 1 fully saturated rings. The largest absolute Gasteiger partial charge is 0.504 e. The molecule has 4 unspecified atom stereocenters. The fourth-order valence-corrected chi connectivity index (χ4v) is 2.47. The van der Waals surface area contributed by atoms with Crippen LogP contribution in [0.1, 0.15) is 0 Å². The molecule has 5 atom stereocenters. The van der Waals surface area contributed by atoms with E-state index in [1.807, 2.05) is 0 Å². The van der Waals surface area contributed by atoms with Gasteiger partial charge < -0.3 is 44.2 Å². The number of hydrogen-bond acceptors (Lipinski definition) is 10. The normalized spacial score (nSPS) is 27.7. The van der Waals surface area contributed by atoms with Gasteiger partial charge in [-0.15, -0.1) is 0 Å². The number of methoxy groups -OCH3 is 1. The van der Waals surface area contributed by atoms with E-state index in [9.17, 15) is 25.2 Å². The molecule has 10 nitrogen and oxygen atoms in total. The Bertz CT molecular complexity index is 802. The SMILES string of the molecule is COC.O=c1ccc2cc(O[C@H]3OC(CO)C(O)C(O)C3O)c(O)cc2o1. The summed E-state index contributed by atoms with van der Waals surface area (Å²) in [5, 5.41) is 49.0. The van der Waals surface area contributed by atoms with Crippen molar-refractivity contribution in [2.24, 2.45) is 0 Å². The first kappa shape index (κ1) is 21.1. The molecule has 150 valence electrons. The van der Waals surface area contributed by atoms with Crippen LogP contribution in [0.25, 0.3) is 11.0 Å². The van der Waals surface area contributed by atoms with Crippen molar-refractivity contribution in [1.82, 2.24) is 0 Å². The average Bonchev–Trinajstić information content (AvgIpc) is 2.63. The highest BCUT2D eigenvalue weighted by Gasteiger charge is 2.44. The molecule has 1 aliphatic rings. The highest BCUT2D eigenvalue weighted by atomic mass is 16.7. The topological polar surface area (TPSA) is 159 Å². The third-order valence-corrected chi connectivity index (χ3v) is 3.79. The van der Waals surface area contributed by atoms with Gasteiger partial charge in [0.15, 0.2) is 11.5 Å². The molecule has 2 heterocycles. The van der Waals surface area contributed by atoms with Gasteiger partial charge in [-0.25, -0.2) is 4.79 Å². The van der Waals surface area contributed by atoms with Crippen molar-refractivity contribution < 1.29 is 44.2 Å². The minimum Gasteiger partial charge on any atom is -0.504 e. The second kappa shape index (κ2) is 9.13. The minimum absolute atomic E-state index is 0.0966. The van der Waals surface area contributed by atoms with Crippen molar-refractivity contribution >= 4 is 11.0 Å². The van der Waals surface area contributed by atoms with Gasteiger partial charge >= 0.3 is 5.63 Å². The van der Waals surface area contributed by atoms with Gasteiger partial charge in [-0.1, -0.05) is 0 Å². The summed E-state index contributed by atoms with van der Waals surface area (Å²) in [6.45, 7) is -0.598. The Morgan fingerprint density at radius 3 is 2.37 bits per heavy atom. The summed E-state index contributed by atoms with van der Waals surface area (Å²) >= 11 is 0. The van der Waals surface area contributed by atoms with Crippen molar-refractivity contribution in [1.29, 1.82) is 0 Å². The van der Waals surface area contributed by atoms with Gasteiger partial charge in [-0.3, -0.25) is 0 Å². The number of benzene rings is 1. The number of aliphatic hydroxyl groups excluding tert-OH is 4. The van der Waals surface area contributed by atoms with Crippen LogP contribution in [0.4, 0.5) is 0 Å².